The first-order valence-electron chi connectivity index (χ1n) is 5.75. The van der Waals surface area contributed by atoms with Crippen molar-refractivity contribution in [3.05, 3.63) is 34.5 Å². The monoisotopic (exact) mass is 317 g/mol. The zero-order valence-electron chi connectivity index (χ0n) is 9.99. The van der Waals surface area contributed by atoms with Gasteiger partial charge in [-0.3, -0.25) is 0 Å². The fourth-order valence-corrected chi connectivity index (χ4v) is 4.83. The Kier molecular flexibility index (Phi) is 3.38. The van der Waals surface area contributed by atoms with Crippen molar-refractivity contribution < 1.29 is 8.42 Å². The lowest BCUT2D eigenvalue weighted by atomic mass is 10.4. The van der Waals surface area contributed by atoms with Crippen molar-refractivity contribution >= 4 is 33.0 Å². The highest BCUT2D eigenvalue weighted by molar-refractivity contribution is 7.89. The fourth-order valence-electron chi connectivity index (χ4n) is 2.07. The average molecular weight is 318 g/mol. The van der Waals surface area contributed by atoms with Gasteiger partial charge in [0.05, 0.1) is 17.3 Å². The Labute approximate surface area is 120 Å². The molecule has 2 aromatic rings. The number of halogens is 1. The van der Waals surface area contributed by atoms with E-state index >= 15 is 0 Å². The van der Waals surface area contributed by atoms with E-state index in [0.717, 1.165) is 10.7 Å². The maximum Gasteiger partial charge on any atom is 0.244 e. The number of sulfonamides is 1. The Hall–Kier alpha value is -0.890. The Balaban J connectivity index is 1.89. The molecule has 0 fully saturated rings. The smallest absolute Gasteiger partial charge is 0.244 e. The number of aromatic nitrogens is 2. The zero-order valence-corrected chi connectivity index (χ0v) is 12.4. The molecule has 19 heavy (non-hydrogen) atoms. The van der Waals surface area contributed by atoms with E-state index in [4.69, 9.17) is 11.6 Å². The average Bonchev–Trinajstić information content (AvgIpc) is 3.06. The Morgan fingerprint density at radius 3 is 3.00 bits per heavy atom. The number of thiophene rings is 1. The Morgan fingerprint density at radius 1 is 1.42 bits per heavy atom. The second-order valence-corrected chi connectivity index (χ2v) is 7.46. The molecule has 0 saturated carbocycles. The molecular formula is C11H12ClN3O2S2. The Bertz CT molecular complexity index is 692. The topological polar surface area (TPSA) is 55.2 Å². The molecule has 102 valence electrons. The van der Waals surface area contributed by atoms with Gasteiger partial charge in [0.15, 0.2) is 0 Å². The lowest BCUT2D eigenvalue weighted by molar-refractivity contribution is 0.335. The standard InChI is InChI=1S/C11H12ClN3O2S2/c12-6-9-5-10(8-18-9)19(16,17)15-4-3-14-2-1-13-11(14)7-15/h1-2,5,8H,3-4,6-7H2. The SMILES string of the molecule is O=S(=O)(c1csc(CCl)c1)N1CCn2ccnc2C1. The third-order valence-corrected chi connectivity index (χ3v) is 6.46. The van der Waals surface area contributed by atoms with E-state index in [-0.39, 0.29) is 0 Å². The summed E-state index contributed by atoms with van der Waals surface area (Å²) >= 11 is 7.09. The van der Waals surface area contributed by atoms with E-state index < -0.39 is 10.0 Å². The second-order valence-electron chi connectivity index (χ2n) is 4.26. The summed E-state index contributed by atoms with van der Waals surface area (Å²) in [5.41, 5.74) is 0. The van der Waals surface area contributed by atoms with Gasteiger partial charge in [0.1, 0.15) is 5.82 Å². The van der Waals surface area contributed by atoms with Crippen molar-refractivity contribution in [3.63, 3.8) is 0 Å². The molecule has 0 bridgehead atoms. The molecule has 0 N–H and O–H groups in total. The van der Waals surface area contributed by atoms with E-state index in [1.807, 2.05) is 10.8 Å². The zero-order chi connectivity index (χ0) is 13.5. The molecule has 0 saturated heterocycles. The molecule has 0 spiro atoms. The van der Waals surface area contributed by atoms with Gasteiger partial charge in [0.2, 0.25) is 10.0 Å². The van der Waals surface area contributed by atoms with E-state index in [0.29, 0.717) is 30.4 Å². The van der Waals surface area contributed by atoms with E-state index in [1.165, 1.54) is 15.6 Å². The van der Waals surface area contributed by atoms with Gasteiger partial charge in [0.25, 0.3) is 0 Å². The highest BCUT2D eigenvalue weighted by Gasteiger charge is 2.29. The minimum atomic E-state index is -3.44. The summed E-state index contributed by atoms with van der Waals surface area (Å²) in [6, 6.07) is 1.65. The van der Waals surface area contributed by atoms with E-state index in [2.05, 4.69) is 4.98 Å². The first-order valence-corrected chi connectivity index (χ1v) is 8.60. The quantitative estimate of drug-likeness (QED) is 0.812. The van der Waals surface area contributed by atoms with Crippen LogP contribution < -0.4 is 0 Å². The second kappa shape index (κ2) is 4.90. The molecule has 0 radical (unpaired) electrons. The highest BCUT2D eigenvalue weighted by Crippen LogP contribution is 2.26. The lowest BCUT2D eigenvalue weighted by Crippen LogP contribution is -2.38. The first-order chi connectivity index (χ1) is 9.11. The molecule has 2 aromatic heterocycles. The molecule has 1 aliphatic heterocycles. The van der Waals surface area contributed by atoms with Crippen LogP contribution in [0.4, 0.5) is 0 Å². The molecule has 5 nitrogen and oxygen atoms in total. The van der Waals surface area contributed by atoms with E-state index in [1.54, 1.807) is 17.6 Å². The number of imidazole rings is 1. The number of hydrogen-bond donors (Lipinski definition) is 0. The van der Waals surface area contributed by atoms with Crippen molar-refractivity contribution in [2.75, 3.05) is 6.54 Å². The summed E-state index contributed by atoms with van der Waals surface area (Å²) in [7, 11) is -3.44. The first kappa shape index (κ1) is 13.1. The number of nitrogens with zero attached hydrogens (tertiary/aromatic N) is 3. The molecule has 8 heteroatoms. The van der Waals surface area contributed by atoms with Gasteiger partial charge >= 0.3 is 0 Å². The summed E-state index contributed by atoms with van der Waals surface area (Å²) < 4.78 is 28.4. The van der Waals surface area contributed by atoms with Crippen molar-refractivity contribution in [3.8, 4) is 0 Å². The van der Waals surface area contributed by atoms with Crippen LogP contribution in [0.1, 0.15) is 10.7 Å². The van der Waals surface area contributed by atoms with Crippen LogP contribution in [0.15, 0.2) is 28.7 Å². The maximum atomic E-state index is 12.5. The summed E-state index contributed by atoms with van der Waals surface area (Å²) in [6.45, 7) is 1.43. The van der Waals surface area contributed by atoms with Crippen LogP contribution in [0.5, 0.6) is 0 Å². The van der Waals surface area contributed by atoms with Crippen molar-refractivity contribution in [2.45, 2.75) is 23.9 Å². The molecule has 0 unspecified atom stereocenters. The van der Waals surface area contributed by atoms with Crippen LogP contribution in [-0.2, 0) is 29.0 Å². The van der Waals surface area contributed by atoms with Crippen molar-refractivity contribution in [1.29, 1.82) is 0 Å². The number of hydrogen-bond acceptors (Lipinski definition) is 4. The Morgan fingerprint density at radius 2 is 2.26 bits per heavy atom. The molecule has 0 amide bonds. The van der Waals surface area contributed by atoms with Crippen LogP contribution in [-0.4, -0.2) is 28.8 Å². The maximum absolute atomic E-state index is 12.5. The molecule has 1 aliphatic rings. The third kappa shape index (κ3) is 2.31. The van der Waals surface area contributed by atoms with Gasteiger partial charge < -0.3 is 4.57 Å². The number of alkyl halides is 1. The van der Waals surface area contributed by atoms with Crippen molar-refractivity contribution in [1.82, 2.24) is 13.9 Å². The summed E-state index contributed by atoms with van der Waals surface area (Å²) in [5, 5.41) is 1.65. The largest absolute Gasteiger partial charge is 0.333 e. The number of rotatable bonds is 3. The van der Waals surface area contributed by atoms with E-state index in [9.17, 15) is 8.42 Å². The van der Waals surface area contributed by atoms with Crippen molar-refractivity contribution in [2.24, 2.45) is 0 Å². The van der Waals surface area contributed by atoms with Crippen LogP contribution in [0.3, 0.4) is 0 Å². The molecule has 0 aromatic carbocycles. The number of fused-ring (bicyclic) bond motifs is 1. The minimum Gasteiger partial charge on any atom is -0.333 e. The fraction of sp³-hybridized carbons (Fsp3) is 0.364. The third-order valence-electron chi connectivity index (χ3n) is 3.11. The predicted octanol–water partition coefficient (Wildman–Crippen LogP) is 1.89. The summed E-state index contributed by atoms with van der Waals surface area (Å²) in [4.78, 5) is 5.36. The lowest BCUT2D eigenvalue weighted by Gasteiger charge is -2.26. The van der Waals surface area contributed by atoms with Gasteiger partial charge in [-0.05, 0) is 6.07 Å². The summed E-state index contributed by atoms with van der Waals surface area (Å²) in [6.07, 6.45) is 3.57. The molecular weight excluding hydrogens is 306 g/mol. The van der Waals surface area contributed by atoms with Crippen LogP contribution in [0.25, 0.3) is 0 Å². The molecule has 3 rings (SSSR count). The van der Waals surface area contributed by atoms with Crippen LogP contribution in [0, 0.1) is 0 Å². The summed E-state index contributed by atoms with van der Waals surface area (Å²) in [5.74, 6) is 1.12. The van der Waals surface area contributed by atoms with Gasteiger partial charge in [-0.2, -0.15) is 4.31 Å². The normalized spacial score (nSPS) is 16.5. The van der Waals surface area contributed by atoms with Gasteiger partial charge in [0, 0.05) is 35.7 Å². The van der Waals surface area contributed by atoms with Gasteiger partial charge in [-0.25, -0.2) is 13.4 Å². The van der Waals surface area contributed by atoms with Crippen LogP contribution >= 0.6 is 22.9 Å². The molecule has 0 aliphatic carbocycles. The minimum absolute atomic E-state index is 0.321. The molecule has 0 atom stereocenters. The predicted molar refractivity (Wildman–Crippen MR) is 73.7 cm³/mol. The van der Waals surface area contributed by atoms with Crippen LogP contribution in [0.2, 0.25) is 0 Å². The molecule has 3 heterocycles. The van der Waals surface area contributed by atoms with Gasteiger partial charge in [-0.15, -0.1) is 22.9 Å². The highest BCUT2D eigenvalue weighted by atomic mass is 35.5. The van der Waals surface area contributed by atoms with Gasteiger partial charge in [-0.1, -0.05) is 0 Å².